The number of aromatic nitrogens is 4. The zero-order valence-corrected chi connectivity index (χ0v) is 15.5. The van der Waals surface area contributed by atoms with Gasteiger partial charge in [0.25, 0.3) is 0 Å². The van der Waals surface area contributed by atoms with Gasteiger partial charge in [-0.05, 0) is 41.0 Å². The van der Waals surface area contributed by atoms with E-state index in [0.29, 0.717) is 36.0 Å². The number of nitrogens with zero attached hydrogens (tertiary/aromatic N) is 4. The van der Waals surface area contributed by atoms with Crippen molar-refractivity contribution >= 4 is 5.97 Å². The fourth-order valence-corrected chi connectivity index (χ4v) is 2.46. The fourth-order valence-electron chi connectivity index (χ4n) is 2.46. The van der Waals surface area contributed by atoms with Gasteiger partial charge in [-0.1, -0.05) is 6.92 Å². The number of methoxy groups -OCH3 is 3. The highest BCUT2D eigenvalue weighted by Crippen LogP contribution is 2.38. The lowest BCUT2D eigenvalue weighted by molar-refractivity contribution is -0.145. The minimum atomic E-state index is -0.329. The number of carbonyl (C=O) groups excluding carboxylic acids is 1. The smallest absolute Gasteiger partial charge is 0.306 e. The Labute approximate surface area is 152 Å². The molecule has 1 aromatic heterocycles. The Bertz CT molecular complexity index is 707. The van der Waals surface area contributed by atoms with E-state index in [0.717, 1.165) is 12.0 Å². The molecule has 0 unspecified atom stereocenters. The Morgan fingerprint density at radius 1 is 1.12 bits per heavy atom. The molecule has 9 heteroatoms. The number of aryl methyl sites for hydroxylation is 2. The molecule has 0 saturated heterocycles. The molecule has 9 nitrogen and oxygen atoms in total. The van der Waals surface area contributed by atoms with E-state index in [4.69, 9.17) is 18.9 Å². The van der Waals surface area contributed by atoms with Gasteiger partial charge in [0, 0.05) is 13.0 Å². The molecule has 0 amide bonds. The van der Waals surface area contributed by atoms with Crippen molar-refractivity contribution in [1.29, 1.82) is 0 Å². The van der Waals surface area contributed by atoms with Gasteiger partial charge < -0.3 is 18.9 Å². The van der Waals surface area contributed by atoms with Crippen molar-refractivity contribution in [2.75, 3.05) is 21.3 Å². The summed E-state index contributed by atoms with van der Waals surface area (Å²) in [5.41, 5.74) is 0.882. The third kappa shape index (κ3) is 4.84. The van der Waals surface area contributed by atoms with Gasteiger partial charge in [-0.15, -0.1) is 5.10 Å². The van der Waals surface area contributed by atoms with E-state index in [1.54, 1.807) is 26.0 Å². The summed E-state index contributed by atoms with van der Waals surface area (Å²) in [4.78, 5) is 12.0. The van der Waals surface area contributed by atoms with Crippen LogP contribution < -0.4 is 14.2 Å². The average Bonchev–Trinajstić information content (AvgIpc) is 3.11. The molecule has 2 rings (SSSR count). The minimum absolute atomic E-state index is 0.0566. The quantitative estimate of drug-likeness (QED) is 0.589. The standard InChI is InChI=1S/C17H24N4O5/c1-5-8-21-15(18-19-20-21)11-26-16(22)7-6-12-9-13(23-2)17(25-4)14(10-12)24-3/h9-10H,5-8,11H2,1-4H3. The Morgan fingerprint density at radius 3 is 2.38 bits per heavy atom. The van der Waals surface area contributed by atoms with Gasteiger partial charge in [-0.2, -0.15) is 0 Å². The van der Waals surface area contributed by atoms with E-state index in [2.05, 4.69) is 15.5 Å². The molecule has 0 aliphatic rings. The fraction of sp³-hybridized carbons (Fsp3) is 0.529. The summed E-state index contributed by atoms with van der Waals surface area (Å²) in [6, 6.07) is 3.63. The molecule has 0 N–H and O–H groups in total. The van der Waals surface area contributed by atoms with Crippen molar-refractivity contribution < 1.29 is 23.7 Å². The van der Waals surface area contributed by atoms with Crippen molar-refractivity contribution in [3.63, 3.8) is 0 Å². The second-order valence-electron chi connectivity index (χ2n) is 5.51. The summed E-state index contributed by atoms with van der Waals surface area (Å²) in [5, 5.41) is 11.3. The highest BCUT2D eigenvalue weighted by Gasteiger charge is 2.15. The number of hydrogen-bond donors (Lipinski definition) is 0. The molecule has 0 atom stereocenters. The first-order chi connectivity index (χ1) is 12.6. The maximum atomic E-state index is 12.0. The van der Waals surface area contributed by atoms with Crippen LogP contribution in [0.15, 0.2) is 12.1 Å². The molecular weight excluding hydrogens is 340 g/mol. The van der Waals surface area contributed by atoms with Gasteiger partial charge in [0.05, 0.1) is 21.3 Å². The lowest BCUT2D eigenvalue weighted by Gasteiger charge is -2.14. The summed E-state index contributed by atoms with van der Waals surface area (Å²) in [5.74, 6) is 1.82. The molecule has 0 aliphatic carbocycles. The van der Waals surface area contributed by atoms with Crippen LogP contribution in [0, 0.1) is 0 Å². The van der Waals surface area contributed by atoms with Gasteiger partial charge in [0.2, 0.25) is 5.75 Å². The number of benzene rings is 1. The molecule has 26 heavy (non-hydrogen) atoms. The molecule has 0 aliphatic heterocycles. The molecule has 0 spiro atoms. The first kappa shape index (κ1) is 19.5. The van der Waals surface area contributed by atoms with Crippen LogP contribution >= 0.6 is 0 Å². The van der Waals surface area contributed by atoms with E-state index >= 15 is 0 Å². The monoisotopic (exact) mass is 364 g/mol. The lowest BCUT2D eigenvalue weighted by Crippen LogP contribution is -2.11. The second kappa shape index (κ2) is 9.59. The van der Waals surface area contributed by atoms with Crippen LogP contribution in [0.25, 0.3) is 0 Å². The first-order valence-electron chi connectivity index (χ1n) is 8.32. The van der Waals surface area contributed by atoms with Crippen LogP contribution in [-0.4, -0.2) is 47.5 Å². The number of tetrazole rings is 1. The highest BCUT2D eigenvalue weighted by molar-refractivity contribution is 5.69. The SMILES string of the molecule is CCCn1nnnc1COC(=O)CCc1cc(OC)c(OC)c(OC)c1. The highest BCUT2D eigenvalue weighted by atomic mass is 16.5. The molecule has 2 aromatic rings. The molecule has 1 heterocycles. The van der Waals surface area contributed by atoms with Gasteiger partial charge in [-0.3, -0.25) is 4.79 Å². The average molecular weight is 364 g/mol. The lowest BCUT2D eigenvalue weighted by atomic mass is 10.1. The van der Waals surface area contributed by atoms with E-state index in [9.17, 15) is 4.79 Å². The maximum Gasteiger partial charge on any atom is 0.306 e. The van der Waals surface area contributed by atoms with Crippen LogP contribution in [0.4, 0.5) is 0 Å². The van der Waals surface area contributed by atoms with Crippen LogP contribution in [0.1, 0.15) is 31.2 Å². The molecule has 0 fully saturated rings. The number of hydrogen-bond acceptors (Lipinski definition) is 8. The predicted molar refractivity (Wildman–Crippen MR) is 92.3 cm³/mol. The maximum absolute atomic E-state index is 12.0. The van der Waals surface area contributed by atoms with E-state index in [1.165, 1.54) is 0 Å². The van der Waals surface area contributed by atoms with Gasteiger partial charge in [-0.25, -0.2) is 4.68 Å². The van der Waals surface area contributed by atoms with Gasteiger partial charge in [0.15, 0.2) is 23.9 Å². The largest absolute Gasteiger partial charge is 0.493 e. The number of rotatable bonds is 10. The number of carbonyl (C=O) groups is 1. The number of ether oxygens (including phenoxy) is 4. The molecule has 0 radical (unpaired) electrons. The third-order valence-corrected chi connectivity index (χ3v) is 3.75. The summed E-state index contributed by atoms with van der Waals surface area (Å²) < 4.78 is 22.8. The zero-order valence-electron chi connectivity index (χ0n) is 15.5. The summed E-state index contributed by atoms with van der Waals surface area (Å²) in [6.07, 6.45) is 1.59. The summed E-state index contributed by atoms with van der Waals surface area (Å²) in [7, 11) is 4.65. The van der Waals surface area contributed by atoms with Crippen LogP contribution in [-0.2, 0) is 29.1 Å². The Hall–Kier alpha value is -2.84. The predicted octanol–water partition coefficient (Wildman–Crippen LogP) is 1.78. The summed E-state index contributed by atoms with van der Waals surface area (Å²) in [6.45, 7) is 2.77. The second-order valence-corrected chi connectivity index (χ2v) is 5.51. The first-order valence-corrected chi connectivity index (χ1v) is 8.32. The third-order valence-electron chi connectivity index (χ3n) is 3.75. The van der Waals surface area contributed by atoms with Crippen LogP contribution in [0.2, 0.25) is 0 Å². The van der Waals surface area contributed by atoms with Crippen molar-refractivity contribution in [1.82, 2.24) is 20.2 Å². The van der Waals surface area contributed by atoms with E-state index in [1.807, 2.05) is 19.1 Å². The Morgan fingerprint density at radius 2 is 1.81 bits per heavy atom. The van der Waals surface area contributed by atoms with Crippen molar-refractivity contribution in [2.45, 2.75) is 39.3 Å². The molecule has 0 bridgehead atoms. The van der Waals surface area contributed by atoms with Crippen molar-refractivity contribution in [3.05, 3.63) is 23.5 Å². The molecular formula is C17H24N4O5. The number of esters is 1. The molecule has 0 saturated carbocycles. The van der Waals surface area contributed by atoms with Gasteiger partial charge >= 0.3 is 5.97 Å². The van der Waals surface area contributed by atoms with E-state index < -0.39 is 0 Å². The zero-order chi connectivity index (χ0) is 18.9. The molecule has 142 valence electrons. The minimum Gasteiger partial charge on any atom is -0.493 e. The summed E-state index contributed by atoms with van der Waals surface area (Å²) >= 11 is 0. The topological polar surface area (TPSA) is 97.6 Å². The van der Waals surface area contributed by atoms with Crippen LogP contribution in [0.5, 0.6) is 17.2 Å². The normalized spacial score (nSPS) is 10.5. The molecule has 1 aromatic carbocycles. The van der Waals surface area contributed by atoms with Crippen LogP contribution in [0.3, 0.4) is 0 Å². The van der Waals surface area contributed by atoms with Crippen molar-refractivity contribution in [2.24, 2.45) is 0 Å². The van der Waals surface area contributed by atoms with Crippen molar-refractivity contribution in [3.8, 4) is 17.2 Å². The Balaban J connectivity index is 1.93. The van der Waals surface area contributed by atoms with E-state index in [-0.39, 0.29) is 19.0 Å². The Kier molecular flexibility index (Phi) is 7.19. The van der Waals surface area contributed by atoms with Gasteiger partial charge in [0.1, 0.15) is 0 Å².